The van der Waals surface area contributed by atoms with Gasteiger partial charge in [0.25, 0.3) is 10.0 Å². The Kier molecular flexibility index (Phi) is 7.34. The molecule has 0 saturated carbocycles. The van der Waals surface area contributed by atoms with Crippen LogP contribution in [0.3, 0.4) is 0 Å². The zero-order valence-electron chi connectivity index (χ0n) is 18.4. The van der Waals surface area contributed by atoms with Crippen LogP contribution < -0.4 is 15.8 Å². The maximum Gasteiger partial charge on any atom is 0.420 e. The highest BCUT2D eigenvalue weighted by Crippen LogP contribution is 2.33. The Bertz CT molecular complexity index is 1560. The number of anilines is 1. The second-order valence-electron chi connectivity index (χ2n) is 7.79. The molecule has 0 spiro atoms. The summed E-state index contributed by atoms with van der Waals surface area (Å²) in [4.78, 5) is 16.5. The first-order valence-electron chi connectivity index (χ1n) is 10.5. The van der Waals surface area contributed by atoms with Crippen LogP contribution in [0.4, 0.5) is 5.13 Å². The number of halogens is 2. The molecule has 1 aliphatic heterocycles. The molecule has 0 unspecified atom stereocenters. The zero-order chi connectivity index (χ0) is 23.9. The maximum absolute atomic E-state index is 12.9. The largest absolute Gasteiger partial charge is 0.420 e. The van der Waals surface area contributed by atoms with Gasteiger partial charge in [0.05, 0.1) is 16.6 Å². The van der Waals surface area contributed by atoms with E-state index in [4.69, 9.17) is 16.0 Å². The summed E-state index contributed by atoms with van der Waals surface area (Å²) < 4.78 is 38.7. The van der Waals surface area contributed by atoms with Gasteiger partial charge in [-0.2, -0.15) is 4.37 Å². The molecular formula is C22H21Cl2N5O4S2. The van der Waals surface area contributed by atoms with E-state index in [1.54, 1.807) is 0 Å². The molecule has 2 aromatic heterocycles. The van der Waals surface area contributed by atoms with Gasteiger partial charge in [0.2, 0.25) is 5.13 Å². The highest BCUT2D eigenvalue weighted by atomic mass is 35.5. The normalized spacial score (nSPS) is 14.9. The van der Waals surface area contributed by atoms with E-state index >= 15 is 0 Å². The van der Waals surface area contributed by atoms with E-state index in [1.807, 2.05) is 31.2 Å². The molecule has 1 aliphatic rings. The number of hydrogen-bond donors (Lipinski definition) is 2. The second kappa shape index (κ2) is 10.1. The zero-order valence-corrected chi connectivity index (χ0v) is 21.6. The second-order valence-corrected chi connectivity index (χ2v) is 10.6. The molecule has 5 rings (SSSR count). The molecule has 0 amide bonds. The van der Waals surface area contributed by atoms with E-state index in [0.717, 1.165) is 42.2 Å². The standard InChI is InChI=1S/C22H20ClN5O4S2.ClH/c1-13(15-4-2-3-5-16(15)14-6-8-24-9-7-14)28-18-10-17(23)20(11-19(18)32-22(28)29)34(30,31)27-21-25-12-26-33-21;/h2-6,10-13,24H,7-9H2,1H3,(H,25,26,27);1H/t13-;/m1./s1. The van der Waals surface area contributed by atoms with Crippen molar-refractivity contribution in [1.82, 2.24) is 19.2 Å². The Balaban J connectivity index is 0.00000289. The van der Waals surface area contributed by atoms with Crippen LogP contribution in [0, 0.1) is 0 Å². The van der Waals surface area contributed by atoms with Crippen molar-refractivity contribution < 1.29 is 12.8 Å². The molecule has 184 valence electrons. The number of rotatable bonds is 6. The molecule has 0 saturated heterocycles. The van der Waals surface area contributed by atoms with Crippen LogP contribution in [-0.4, -0.2) is 35.4 Å². The number of hydrogen-bond acceptors (Lipinski definition) is 8. The monoisotopic (exact) mass is 553 g/mol. The predicted molar refractivity (Wildman–Crippen MR) is 139 cm³/mol. The van der Waals surface area contributed by atoms with Crippen molar-refractivity contribution in [2.75, 3.05) is 17.8 Å². The molecule has 3 heterocycles. The van der Waals surface area contributed by atoms with Gasteiger partial charge in [-0.25, -0.2) is 18.2 Å². The Hall–Kier alpha value is -2.70. The van der Waals surface area contributed by atoms with Crippen LogP contribution in [0.15, 0.2) is 62.9 Å². The number of fused-ring (bicyclic) bond motifs is 1. The highest BCUT2D eigenvalue weighted by molar-refractivity contribution is 7.93. The van der Waals surface area contributed by atoms with Crippen molar-refractivity contribution in [3.63, 3.8) is 0 Å². The van der Waals surface area contributed by atoms with Gasteiger partial charge in [-0.05, 0) is 42.7 Å². The minimum Gasteiger partial charge on any atom is -0.408 e. The average molecular weight is 554 g/mol. The number of nitrogens with zero attached hydrogens (tertiary/aromatic N) is 3. The average Bonchev–Trinajstić information content (AvgIpc) is 3.44. The maximum atomic E-state index is 12.9. The van der Waals surface area contributed by atoms with E-state index in [-0.39, 0.29) is 39.1 Å². The first kappa shape index (κ1) is 25.4. The van der Waals surface area contributed by atoms with Crippen LogP contribution in [0.25, 0.3) is 16.7 Å². The highest BCUT2D eigenvalue weighted by Gasteiger charge is 2.25. The Morgan fingerprint density at radius 3 is 2.80 bits per heavy atom. The quantitative estimate of drug-likeness (QED) is 0.365. The Labute approximate surface area is 216 Å². The van der Waals surface area contributed by atoms with Crippen LogP contribution in [-0.2, 0) is 10.0 Å². The van der Waals surface area contributed by atoms with Crippen molar-refractivity contribution in [3.05, 3.63) is 75.5 Å². The summed E-state index contributed by atoms with van der Waals surface area (Å²) in [6, 6.07) is 10.3. The summed E-state index contributed by atoms with van der Waals surface area (Å²) in [5.41, 5.74) is 3.79. The molecule has 13 heteroatoms. The Morgan fingerprint density at radius 2 is 2.09 bits per heavy atom. The molecule has 0 bridgehead atoms. The van der Waals surface area contributed by atoms with Crippen LogP contribution in [0.5, 0.6) is 0 Å². The van der Waals surface area contributed by atoms with Gasteiger partial charge < -0.3 is 9.73 Å². The molecule has 9 nitrogen and oxygen atoms in total. The fourth-order valence-electron chi connectivity index (χ4n) is 4.16. The van der Waals surface area contributed by atoms with Gasteiger partial charge in [0, 0.05) is 24.1 Å². The molecule has 2 N–H and O–H groups in total. The molecule has 1 atom stereocenters. The number of benzene rings is 2. The lowest BCUT2D eigenvalue weighted by Crippen LogP contribution is -2.22. The fraction of sp³-hybridized carbons (Fsp3) is 0.227. The summed E-state index contributed by atoms with van der Waals surface area (Å²) in [6.45, 7) is 3.60. The number of nitrogens with one attached hydrogen (secondary N) is 2. The molecule has 0 aliphatic carbocycles. The van der Waals surface area contributed by atoms with E-state index in [9.17, 15) is 13.2 Å². The minimum atomic E-state index is -4.06. The topological polar surface area (TPSA) is 119 Å². The SMILES string of the molecule is C[C@H](c1ccccc1C1=CCNCC1)n1c(=O)oc2cc(S(=O)(=O)Nc3ncns3)c(Cl)cc21.Cl. The molecule has 35 heavy (non-hydrogen) atoms. The molecule has 0 radical (unpaired) electrons. The number of oxazole rings is 1. The summed E-state index contributed by atoms with van der Waals surface area (Å²) in [6.07, 6.45) is 4.29. The van der Waals surface area contributed by atoms with Gasteiger partial charge in [0.15, 0.2) is 5.58 Å². The van der Waals surface area contributed by atoms with E-state index in [0.29, 0.717) is 5.52 Å². The summed E-state index contributed by atoms with van der Waals surface area (Å²) >= 11 is 7.28. The van der Waals surface area contributed by atoms with E-state index < -0.39 is 15.8 Å². The van der Waals surface area contributed by atoms with Crippen molar-refractivity contribution in [2.45, 2.75) is 24.3 Å². The number of aromatic nitrogens is 3. The summed E-state index contributed by atoms with van der Waals surface area (Å²) in [5.74, 6) is -0.598. The third-order valence-corrected chi connectivity index (χ3v) is 8.26. The lowest BCUT2D eigenvalue weighted by Gasteiger charge is -2.21. The van der Waals surface area contributed by atoms with E-state index in [2.05, 4.69) is 25.5 Å². The molecule has 4 aromatic rings. The first-order valence-corrected chi connectivity index (χ1v) is 13.1. The van der Waals surface area contributed by atoms with Gasteiger partial charge in [-0.1, -0.05) is 41.9 Å². The van der Waals surface area contributed by atoms with Crippen LogP contribution in [0.1, 0.15) is 30.5 Å². The van der Waals surface area contributed by atoms with Gasteiger partial charge in [-0.3, -0.25) is 9.29 Å². The van der Waals surface area contributed by atoms with Gasteiger partial charge in [-0.15, -0.1) is 12.4 Å². The van der Waals surface area contributed by atoms with Crippen LogP contribution in [0.2, 0.25) is 5.02 Å². The van der Waals surface area contributed by atoms with Crippen molar-refractivity contribution in [1.29, 1.82) is 0 Å². The summed E-state index contributed by atoms with van der Waals surface area (Å²) in [5, 5.41) is 3.37. The predicted octanol–water partition coefficient (Wildman–Crippen LogP) is 4.31. The lowest BCUT2D eigenvalue weighted by molar-refractivity contribution is 0.489. The first-order chi connectivity index (χ1) is 16.3. The third-order valence-electron chi connectivity index (χ3n) is 5.75. The minimum absolute atomic E-state index is 0. The van der Waals surface area contributed by atoms with Crippen LogP contribution >= 0.6 is 35.5 Å². The molecule has 2 aromatic carbocycles. The summed E-state index contributed by atoms with van der Waals surface area (Å²) in [7, 11) is -4.06. The fourth-order valence-corrected chi connectivity index (χ4v) is 6.36. The Morgan fingerprint density at radius 1 is 1.29 bits per heavy atom. The molecular weight excluding hydrogens is 533 g/mol. The van der Waals surface area contributed by atoms with Crippen molar-refractivity contribution in [2.24, 2.45) is 0 Å². The third kappa shape index (κ3) is 4.87. The van der Waals surface area contributed by atoms with Crippen molar-refractivity contribution >= 4 is 67.4 Å². The van der Waals surface area contributed by atoms with Gasteiger partial charge in [0.1, 0.15) is 11.2 Å². The molecule has 0 fully saturated rings. The van der Waals surface area contributed by atoms with Gasteiger partial charge >= 0.3 is 5.76 Å². The van der Waals surface area contributed by atoms with E-state index in [1.165, 1.54) is 28.6 Å². The smallest absolute Gasteiger partial charge is 0.408 e. The number of sulfonamides is 1. The van der Waals surface area contributed by atoms with Crippen molar-refractivity contribution in [3.8, 4) is 0 Å². The lowest BCUT2D eigenvalue weighted by atomic mass is 9.92.